The molecule has 2 aromatic rings. The highest BCUT2D eigenvalue weighted by atomic mass is 35.5. The second-order valence-electron chi connectivity index (χ2n) is 5.24. The summed E-state index contributed by atoms with van der Waals surface area (Å²) in [6, 6.07) is 13.3. The summed E-state index contributed by atoms with van der Waals surface area (Å²) < 4.78 is 11.3. The molecule has 0 amide bonds. The molecule has 2 unspecified atom stereocenters. The van der Waals surface area contributed by atoms with Crippen molar-refractivity contribution in [2.24, 2.45) is 5.73 Å². The van der Waals surface area contributed by atoms with Crippen molar-refractivity contribution in [2.75, 3.05) is 7.11 Å². The number of fused-ring (bicyclic) bond motifs is 1. The molecule has 0 saturated carbocycles. The molecule has 3 nitrogen and oxygen atoms in total. The molecule has 1 aliphatic rings. The zero-order valence-electron chi connectivity index (χ0n) is 11.9. The summed E-state index contributed by atoms with van der Waals surface area (Å²) in [5, 5.41) is 0.699. The smallest absolute Gasteiger partial charge is 0.119 e. The third-order valence-electron chi connectivity index (χ3n) is 3.91. The number of benzene rings is 2. The molecular formula is C17H18ClNO2. The normalized spacial score (nSPS) is 20.7. The fourth-order valence-electron chi connectivity index (χ4n) is 2.74. The van der Waals surface area contributed by atoms with E-state index < -0.39 is 0 Å². The monoisotopic (exact) mass is 303 g/mol. The zero-order valence-corrected chi connectivity index (χ0v) is 12.6. The number of hydrogen-bond donors (Lipinski definition) is 1. The van der Waals surface area contributed by atoms with Gasteiger partial charge in [0.25, 0.3) is 0 Å². The van der Waals surface area contributed by atoms with Crippen molar-refractivity contribution in [1.82, 2.24) is 0 Å². The molecule has 21 heavy (non-hydrogen) atoms. The lowest BCUT2D eigenvalue weighted by Crippen LogP contribution is -2.35. The Kier molecular flexibility index (Phi) is 4.04. The van der Waals surface area contributed by atoms with Crippen LogP contribution in [0.5, 0.6) is 11.5 Å². The lowest BCUT2D eigenvalue weighted by Gasteiger charge is -2.31. The van der Waals surface area contributed by atoms with Gasteiger partial charge in [-0.25, -0.2) is 0 Å². The van der Waals surface area contributed by atoms with E-state index in [1.165, 1.54) is 5.56 Å². The number of aryl methyl sites for hydroxylation is 1. The Balaban J connectivity index is 1.81. The molecule has 0 radical (unpaired) electrons. The maximum absolute atomic E-state index is 6.39. The quantitative estimate of drug-likeness (QED) is 0.939. The van der Waals surface area contributed by atoms with E-state index >= 15 is 0 Å². The minimum Gasteiger partial charge on any atom is -0.497 e. The van der Waals surface area contributed by atoms with Gasteiger partial charge >= 0.3 is 0 Å². The van der Waals surface area contributed by atoms with Crippen LogP contribution in [0.25, 0.3) is 0 Å². The summed E-state index contributed by atoms with van der Waals surface area (Å²) in [6.45, 7) is 0. The Morgan fingerprint density at radius 1 is 1.10 bits per heavy atom. The van der Waals surface area contributed by atoms with Crippen LogP contribution in [0, 0.1) is 0 Å². The van der Waals surface area contributed by atoms with Gasteiger partial charge in [-0.3, -0.25) is 0 Å². The first-order valence-electron chi connectivity index (χ1n) is 7.02. The molecule has 4 heteroatoms. The molecule has 110 valence electrons. The number of nitrogens with two attached hydrogens (primary N) is 1. The van der Waals surface area contributed by atoms with Gasteiger partial charge in [0.05, 0.1) is 13.2 Å². The fourth-order valence-corrected chi connectivity index (χ4v) is 2.86. The average molecular weight is 304 g/mol. The molecule has 0 saturated heterocycles. The minimum absolute atomic E-state index is 0.0363. The van der Waals surface area contributed by atoms with Crippen LogP contribution in [0.4, 0.5) is 0 Å². The molecular weight excluding hydrogens is 286 g/mol. The molecule has 2 atom stereocenters. The van der Waals surface area contributed by atoms with Crippen LogP contribution in [0.2, 0.25) is 5.02 Å². The second kappa shape index (κ2) is 5.96. The lowest BCUT2D eigenvalue weighted by atomic mass is 9.86. The van der Waals surface area contributed by atoms with E-state index in [0.29, 0.717) is 5.02 Å². The highest BCUT2D eigenvalue weighted by Crippen LogP contribution is 2.33. The first-order chi connectivity index (χ1) is 10.2. The van der Waals surface area contributed by atoms with Crippen molar-refractivity contribution >= 4 is 11.6 Å². The third-order valence-corrected chi connectivity index (χ3v) is 4.16. The summed E-state index contributed by atoms with van der Waals surface area (Å²) in [5.74, 6) is 1.63. The molecule has 0 aromatic heterocycles. The highest BCUT2D eigenvalue weighted by Gasteiger charge is 2.28. The summed E-state index contributed by atoms with van der Waals surface area (Å²) in [5.41, 5.74) is 8.77. The molecule has 0 bridgehead atoms. The molecule has 0 spiro atoms. The summed E-state index contributed by atoms with van der Waals surface area (Å²) in [6.07, 6.45) is 1.83. The van der Waals surface area contributed by atoms with Crippen LogP contribution in [0.15, 0.2) is 42.5 Å². The molecule has 0 heterocycles. The van der Waals surface area contributed by atoms with Gasteiger partial charge in [0.2, 0.25) is 0 Å². The van der Waals surface area contributed by atoms with Gasteiger partial charge in [0, 0.05) is 5.02 Å². The van der Waals surface area contributed by atoms with Crippen molar-refractivity contribution in [3.63, 3.8) is 0 Å². The number of hydrogen-bond acceptors (Lipinski definition) is 3. The Labute approximate surface area is 129 Å². The van der Waals surface area contributed by atoms with E-state index in [2.05, 4.69) is 6.07 Å². The number of methoxy groups -OCH3 is 1. The van der Waals surface area contributed by atoms with Crippen molar-refractivity contribution in [1.29, 1.82) is 0 Å². The van der Waals surface area contributed by atoms with E-state index in [0.717, 1.165) is 29.9 Å². The number of halogens is 1. The summed E-state index contributed by atoms with van der Waals surface area (Å²) >= 11 is 5.89. The molecule has 2 aromatic carbocycles. The van der Waals surface area contributed by atoms with Crippen molar-refractivity contribution < 1.29 is 9.47 Å². The molecule has 3 rings (SSSR count). The molecule has 0 aliphatic heterocycles. The highest BCUT2D eigenvalue weighted by molar-refractivity contribution is 6.30. The van der Waals surface area contributed by atoms with E-state index in [-0.39, 0.29) is 12.1 Å². The van der Waals surface area contributed by atoms with Gasteiger partial charge in [-0.1, -0.05) is 17.7 Å². The van der Waals surface area contributed by atoms with Crippen LogP contribution in [0.1, 0.15) is 23.6 Å². The maximum Gasteiger partial charge on any atom is 0.119 e. The Hall–Kier alpha value is -1.71. The van der Waals surface area contributed by atoms with Crippen LogP contribution in [-0.4, -0.2) is 13.2 Å². The Bertz CT molecular complexity index is 627. The Morgan fingerprint density at radius 2 is 1.81 bits per heavy atom. The fraction of sp³-hybridized carbons (Fsp3) is 0.294. The topological polar surface area (TPSA) is 44.5 Å². The van der Waals surface area contributed by atoms with E-state index in [1.807, 2.05) is 36.4 Å². The van der Waals surface area contributed by atoms with Crippen molar-refractivity contribution in [3.8, 4) is 11.5 Å². The van der Waals surface area contributed by atoms with Gasteiger partial charge in [0.15, 0.2) is 0 Å². The van der Waals surface area contributed by atoms with Crippen LogP contribution >= 0.6 is 11.6 Å². The average Bonchev–Trinajstić information content (AvgIpc) is 2.52. The standard InChI is InChI=1S/C17H18ClNO2/c1-20-14-6-2-11-3-9-16(17(19)15(11)10-14)21-13-7-4-12(18)5-8-13/h2,4-8,10,16-17H,3,9,19H2,1H3. The van der Waals surface area contributed by atoms with E-state index in [1.54, 1.807) is 7.11 Å². The lowest BCUT2D eigenvalue weighted by molar-refractivity contribution is 0.153. The van der Waals surface area contributed by atoms with Gasteiger partial charge in [-0.2, -0.15) is 0 Å². The largest absolute Gasteiger partial charge is 0.497 e. The van der Waals surface area contributed by atoms with Gasteiger partial charge < -0.3 is 15.2 Å². The number of ether oxygens (including phenoxy) is 2. The van der Waals surface area contributed by atoms with Crippen LogP contribution in [-0.2, 0) is 6.42 Å². The van der Waals surface area contributed by atoms with E-state index in [9.17, 15) is 0 Å². The van der Waals surface area contributed by atoms with E-state index in [4.69, 9.17) is 26.8 Å². The molecule has 0 fully saturated rings. The molecule has 2 N–H and O–H groups in total. The van der Waals surface area contributed by atoms with Gasteiger partial charge in [0.1, 0.15) is 17.6 Å². The predicted octanol–water partition coefficient (Wildman–Crippen LogP) is 3.74. The third kappa shape index (κ3) is 2.99. The van der Waals surface area contributed by atoms with Crippen LogP contribution < -0.4 is 15.2 Å². The first kappa shape index (κ1) is 14.2. The summed E-state index contributed by atoms with van der Waals surface area (Å²) in [7, 11) is 1.66. The number of rotatable bonds is 3. The van der Waals surface area contributed by atoms with Crippen molar-refractivity contribution in [3.05, 3.63) is 58.6 Å². The SMILES string of the molecule is COc1ccc2c(c1)C(N)C(Oc1ccc(Cl)cc1)CC2. The van der Waals surface area contributed by atoms with Gasteiger partial charge in [-0.05, 0) is 60.4 Å². The second-order valence-corrected chi connectivity index (χ2v) is 5.68. The summed E-state index contributed by atoms with van der Waals surface area (Å²) in [4.78, 5) is 0. The zero-order chi connectivity index (χ0) is 14.8. The van der Waals surface area contributed by atoms with Gasteiger partial charge in [-0.15, -0.1) is 0 Å². The van der Waals surface area contributed by atoms with Crippen LogP contribution in [0.3, 0.4) is 0 Å². The molecule has 1 aliphatic carbocycles. The minimum atomic E-state index is -0.153. The predicted molar refractivity (Wildman–Crippen MR) is 84.1 cm³/mol. The maximum atomic E-state index is 6.39. The first-order valence-corrected chi connectivity index (χ1v) is 7.40. The van der Waals surface area contributed by atoms with Crippen molar-refractivity contribution in [2.45, 2.75) is 25.0 Å². The Morgan fingerprint density at radius 3 is 2.52 bits per heavy atom.